The molecule has 0 spiro atoms. The summed E-state index contributed by atoms with van der Waals surface area (Å²) in [5, 5.41) is 21.6. The van der Waals surface area contributed by atoms with Crippen LogP contribution in [0.2, 0.25) is 0 Å². The lowest BCUT2D eigenvalue weighted by Gasteiger charge is -2.10. The predicted molar refractivity (Wildman–Crippen MR) is 92.6 cm³/mol. The number of nitrogens with zero attached hydrogens (tertiary/aromatic N) is 4. The Hall–Kier alpha value is -3.42. The molecule has 0 fully saturated rings. The lowest BCUT2D eigenvalue weighted by Crippen LogP contribution is -2.28. The molecule has 1 heterocycles. The van der Waals surface area contributed by atoms with Crippen molar-refractivity contribution in [2.75, 3.05) is 7.11 Å². The van der Waals surface area contributed by atoms with Crippen molar-refractivity contribution in [3.63, 3.8) is 0 Å². The number of aromatic hydroxyl groups is 1. The number of para-hydroxylation sites is 1. The summed E-state index contributed by atoms with van der Waals surface area (Å²) in [7, 11) is 1.46. The van der Waals surface area contributed by atoms with Gasteiger partial charge in [-0.3, -0.25) is 4.79 Å². The first-order valence-corrected chi connectivity index (χ1v) is 7.60. The molecule has 0 aliphatic carbocycles. The fourth-order valence-corrected chi connectivity index (χ4v) is 2.32. The van der Waals surface area contributed by atoms with Crippen LogP contribution in [0, 0.1) is 0 Å². The number of benzene rings is 2. The maximum Gasteiger partial charge on any atom is 0.264 e. The number of nitrogens with one attached hydrogen (secondary N) is 1. The zero-order valence-electron chi connectivity index (χ0n) is 13.7. The molecule has 8 nitrogen and oxygen atoms in total. The molecule has 0 bridgehead atoms. The fraction of sp³-hybridized carbons (Fsp3) is 0.176. The van der Waals surface area contributed by atoms with E-state index in [1.54, 1.807) is 23.7 Å². The van der Waals surface area contributed by atoms with Crippen molar-refractivity contribution >= 4 is 23.2 Å². The molecule has 8 heteroatoms. The molecule has 2 N–H and O–H groups in total. The van der Waals surface area contributed by atoms with Gasteiger partial charge in [0.05, 0.1) is 18.8 Å². The van der Waals surface area contributed by atoms with Crippen LogP contribution in [0.5, 0.6) is 11.5 Å². The number of phenols is 1. The first-order valence-electron chi connectivity index (χ1n) is 7.60. The highest BCUT2D eigenvalue weighted by Gasteiger charge is 2.18. The van der Waals surface area contributed by atoms with Crippen molar-refractivity contribution < 1.29 is 14.6 Å². The summed E-state index contributed by atoms with van der Waals surface area (Å²) >= 11 is 0. The number of carbonyl (C=O) groups is 1. The maximum absolute atomic E-state index is 12.3. The van der Waals surface area contributed by atoms with E-state index in [2.05, 4.69) is 20.8 Å². The van der Waals surface area contributed by atoms with Crippen LogP contribution in [0.15, 0.2) is 47.6 Å². The summed E-state index contributed by atoms with van der Waals surface area (Å²) in [6.45, 7) is 1.72. The van der Waals surface area contributed by atoms with E-state index in [1.807, 2.05) is 24.3 Å². The van der Waals surface area contributed by atoms with Crippen molar-refractivity contribution in [2.24, 2.45) is 5.10 Å². The molecule has 1 unspecified atom stereocenters. The van der Waals surface area contributed by atoms with Crippen LogP contribution in [0.25, 0.3) is 11.0 Å². The Morgan fingerprint density at radius 2 is 2.16 bits per heavy atom. The molecule has 3 rings (SSSR count). The van der Waals surface area contributed by atoms with Crippen LogP contribution < -0.4 is 10.2 Å². The smallest absolute Gasteiger partial charge is 0.264 e. The van der Waals surface area contributed by atoms with Crippen molar-refractivity contribution in [2.45, 2.75) is 13.0 Å². The van der Waals surface area contributed by atoms with Gasteiger partial charge in [-0.15, -0.1) is 5.10 Å². The van der Waals surface area contributed by atoms with Crippen LogP contribution in [0.1, 0.15) is 18.5 Å². The second kappa shape index (κ2) is 7.00. The number of hydrazone groups is 1. The Morgan fingerprint density at radius 3 is 2.96 bits per heavy atom. The topological polar surface area (TPSA) is 102 Å². The zero-order valence-corrected chi connectivity index (χ0v) is 13.7. The van der Waals surface area contributed by atoms with Gasteiger partial charge in [-0.2, -0.15) is 5.10 Å². The third kappa shape index (κ3) is 3.42. The van der Waals surface area contributed by atoms with Gasteiger partial charge in [-0.25, -0.2) is 10.1 Å². The van der Waals surface area contributed by atoms with Gasteiger partial charge in [0.15, 0.2) is 11.5 Å². The van der Waals surface area contributed by atoms with E-state index in [4.69, 9.17) is 4.74 Å². The molecule has 1 aromatic heterocycles. The van der Waals surface area contributed by atoms with Gasteiger partial charge >= 0.3 is 0 Å². The van der Waals surface area contributed by atoms with Gasteiger partial charge in [0.2, 0.25) is 0 Å². The molecule has 2 aromatic carbocycles. The van der Waals surface area contributed by atoms with E-state index in [1.165, 1.54) is 19.4 Å². The number of ether oxygens (including phenoxy) is 1. The van der Waals surface area contributed by atoms with Crippen LogP contribution in [0.3, 0.4) is 0 Å². The third-order valence-corrected chi connectivity index (χ3v) is 3.72. The molecule has 25 heavy (non-hydrogen) atoms. The second-order valence-corrected chi connectivity index (χ2v) is 5.36. The Kier molecular flexibility index (Phi) is 4.60. The summed E-state index contributed by atoms with van der Waals surface area (Å²) in [6, 6.07) is 11.6. The molecule has 0 aliphatic heterocycles. The normalized spacial score (nSPS) is 12.4. The van der Waals surface area contributed by atoms with Gasteiger partial charge in [-0.1, -0.05) is 17.3 Å². The summed E-state index contributed by atoms with van der Waals surface area (Å²) in [4.78, 5) is 12.3. The molecular weight excluding hydrogens is 322 g/mol. The second-order valence-electron chi connectivity index (χ2n) is 5.36. The number of carbonyl (C=O) groups excluding carboxylic acids is 1. The number of rotatable bonds is 5. The Labute approximate surface area is 143 Å². The van der Waals surface area contributed by atoms with Crippen molar-refractivity contribution in [3.05, 3.63) is 48.0 Å². The van der Waals surface area contributed by atoms with Crippen LogP contribution >= 0.6 is 0 Å². The molecule has 3 aromatic rings. The van der Waals surface area contributed by atoms with Gasteiger partial charge in [-0.05, 0) is 42.8 Å². The summed E-state index contributed by atoms with van der Waals surface area (Å²) < 4.78 is 6.57. The van der Waals surface area contributed by atoms with E-state index >= 15 is 0 Å². The van der Waals surface area contributed by atoms with Crippen LogP contribution in [0.4, 0.5) is 0 Å². The number of hydrogen-bond donors (Lipinski definition) is 2. The van der Waals surface area contributed by atoms with Gasteiger partial charge in [0.25, 0.3) is 5.91 Å². The van der Waals surface area contributed by atoms with E-state index in [9.17, 15) is 9.90 Å². The maximum atomic E-state index is 12.3. The number of aromatic nitrogens is 3. The standard InChI is InChI=1S/C17H17N5O3/c1-11(22-14-6-4-3-5-13(14)19-21-22)17(24)20-18-10-12-7-8-15(23)16(9-12)25-2/h3-11,23H,1-2H3,(H,20,24)/b18-10+. The molecule has 0 saturated heterocycles. The SMILES string of the molecule is COc1cc(/C=N/NC(=O)C(C)n2nnc3ccccc32)ccc1O. The lowest BCUT2D eigenvalue weighted by molar-refractivity contribution is -0.124. The van der Waals surface area contributed by atoms with Crippen molar-refractivity contribution in [3.8, 4) is 11.5 Å². The minimum atomic E-state index is -0.570. The fourth-order valence-electron chi connectivity index (χ4n) is 2.32. The van der Waals surface area contributed by atoms with Crippen molar-refractivity contribution in [1.82, 2.24) is 20.4 Å². The third-order valence-electron chi connectivity index (χ3n) is 3.72. The molecule has 1 atom stereocenters. The molecule has 0 aliphatic rings. The minimum Gasteiger partial charge on any atom is -0.504 e. The molecular formula is C17H17N5O3. The first kappa shape index (κ1) is 16.4. The number of methoxy groups -OCH3 is 1. The molecule has 1 amide bonds. The lowest BCUT2D eigenvalue weighted by atomic mass is 10.2. The largest absolute Gasteiger partial charge is 0.504 e. The van der Waals surface area contributed by atoms with E-state index in [-0.39, 0.29) is 11.7 Å². The number of phenolic OH excluding ortho intramolecular Hbond substituents is 1. The van der Waals surface area contributed by atoms with Gasteiger partial charge in [0, 0.05) is 0 Å². The Bertz CT molecular complexity index is 935. The molecule has 0 saturated carbocycles. The van der Waals surface area contributed by atoms with Crippen molar-refractivity contribution in [1.29, 1.82) is 0 Å². The van der Waals surface area contributed by atoms with E-state index in [0.29, 0.717) is 11.3 Å². The Balaban J connectivity index is 1.69. The summed E-state index contributed by atoms with van der Waals surface area (Å²) in [5.74, 6) is 0.0470. The van der Waals surface area contributed by atoms with Gasteiger partial charge in [0.1, 0.15) is 11.6 Å². The number of fused-ring (bicyclic) bond motifs is 1. The number of amides is 1. The summed E-state index contributed by atoms with van der Waals surface area (Å²) in [5.41, 5.74) is 4.65. The zero-order chi connectivity index (χ0) is 17.8. The Morgan fingerprint density at radius 1 is 1.36 bits per heavy atom. The molecule has 128 valence electrons. The minimum absolute atomic E-state index is 0.0374. The predicted octanol–water partition coefficient (Wildman–Crippen LogP) is 1.86. The van der Waals surface area contributed by atoms with Crippen LogP contribution in [-0.2, 0) is 4.79 Å². The number of hydrogen-bond acceptors (Lipinski definition) is 6. The highest BCUT2D eigenvalue weighted by atomic mass is 16.5. The highest BCUT2D eigenvalue weighted by Crippen LogP contribution is 2.25. The highest BCUT2D eigenvalue weighted by molar-refractivity contribution is 5.85. The summed E-state index contributed by atoms with van der Waals surface area (Å²) in [6.07, 6.45) is 1.46. The van der Waals surface area contributed by atoms with Gasteiger partial charge < -0.3 is 9.84 Å². The average Bonchev–Trinajstić information content (AvgIpc) is 3.06. The van der Waals surface area contributed by atoms with E-state index in [0.717, 1.165) is 11.0 Å². The van der Waals surface area contributed by atoms with E-state index < -0.39 is 6.04 Å². The monoisotopic (exact) mass is 339 g/mol. The first-order chi connectivity index (χ1) is 12.1. The molecule has 0 radical (unpaired) electrons. The van der Waals surface area contributed by atoms with Crippen LogP contribution in [-0.4, -0.2) is 39.3 Å². The quantitative estimate of drug-likeness (QED) is 0.546. The average molecular weight is 339 g/mol.